The minimum atomic E-state index is -1.05. The van der Waals surface area contributed by atoms with E-state index in [2.05, 4.69) is 41.7 Å². The van der Waals surface area contributed by atoms with E-state index in [9.17, 15) is 4.21 Å². The van der Waals surface area contributed by atoms with Crippen LogP contribution in [0.1, 0.15) is 42.4 Å². The van der Waals surface area contributed by atoms with Gasteiger partial charge in [0.2, 0.25) is 0 Å². The zero-order valence-corrected chi connectivity index (χ0v) is 21.1. The summed E-state index contributed by atoms with van der Waals surface area (Å²) in [5, 5.41) is 12.9. The molecule has 0 saturated carbocycles. The van der Waals surface area contributed by atoms with E-state index >= 15 is 0 Å². The van der Waals surface area contributed by atoms with E-state index in [4.69, 9.17) is 14.6 Å². The van der Waals surface area contributed by atoms with Crippen molar-refractivity contribution in [3.05, 3.63) is 89.5 Å². The van der Waals surface area contributed by atoms with Crippen LogP contribution in [-0.4, -0.2) is 42.9 Å². The number of benzene rings is 3. The van der Waals surface area contributed by atoms with Gasteiger partial charge in [0.05, 0.1) is 19.8 Å². The van der Waals surface area contributed by atoms with Crippen molar-refractivity contribution in [3.8, 4) is 11.5 Å². The van der Waals surface area contributed by atoms with Crippen molar-refractivity contribution in [2.24, 2.45) is 0 Å². The van der Waals surface area contributed by atoms with Gasteiger partial charge in [0, 0.05) is 28.6 Å². The molecule has 0 spiro atoms. The van der Waals surface area contributed by atoms with Gasteiger partial charge in [0.1, 0.15) is 11.5 Å². The number of hydrogen-bond donors (Lipinski definition) is 2. The van der Waals surface area contributed by atoms with Gasteiger partial charge in [-0.15, -0.1) is 0 Å². The molecule has 3 aromatic carbocycles. The van der Waals surface area contributed by atoms with Crippen LogP contribution in [0.15, 0.2) is 77.7 Å². The zero-order chi connectivity index (χ0) is 24.4. The highest BCUT2D eigenvalue weighted by atomic mass is 32.2. The SMILES string of the molecule is COc1ccc(C(NCCCCCCO)(c2ccc(OC)cc2)c2ccc(S(C)=O)cc2)cc1. The normalized spacial score (nSPS) is 12.4. The molecule has 0 bridgehead atoms. The summed E-state index contributed by atoms with van der Waals surface area (Å²) in [6.45, 7) is 1.03. The molecule has 0 aromatic heterocycles. The lowest BCUT2D eigenvalue weighted by Gasteiger charge is -2.37. The largest absolute Gasteiger partial charge is 0.497 e. The Bertz CT molecular complexity index is 986. The Morgan fingerprint density at radius 2 is 1.18 bits per heavy atom. The van der Waals surface area contributed by atoms with Gasteiger partial charge in [0.15, 0.2) is 0 Å². The molecule has 34 heavy (non-hydrogen) atoms. The summed E-state index contributed by atoms with van der Waals surface area (Å²) in [5.74, 6) is 1.60. The first-order valence-electron chi connectivity index (χ1n) is 11.6. The molecular formula is C28H35NO4S. The number of unbranched alkanes of at least 4 members (excludes halogenated alkanes) is 3. The van der Waals surface area contributed by atoms with Gasteiger partial charge in [-0.2, -0.15) is 0 Å². The summed E-state index contributed by atoms with van der Waals surface area (Å²) in [6, 6.07) is 24.3. The third-order valence-corrected chi connectivity index (χ3v) is 7.08. The van der Waals surface area contributed by atoms with Crippen molar-refractivity contribution in [1.82, 2.24) is 5.32 Å². The van der Waals surface area contributed by atoms with E-state index in [0.717, 1.165) is 65.3 Å². The molecule has 6 heteroatoms. The van der Waals surface area contributed by atoms with Crippen molar-refractivity contribution in [3.63, 3.8) is 0 Å². The molecule has 1 atom stereocenters. The summed E-state index contributed by atoms with van der Waals surface area (Å²) in [6.07, 6.45) is 5.57. The van der Waals surface area contributed by atoms with Gasteiger partial charge in [-0.05, 0) is 72.5 Å². The molecule has 0 saturated heterocycles. The van der Waals surface area contributed by atoms with E-state index in [0.29, 0.717) is 0 Å². The first-order valence-corrected chi connectivity index (χ1v) is 13.2. The first-order chi connectivity index (χ1) is 16.5. The van der Waals surface area contributed by atoms with Crippen molar-refractivity contribution in [1.29, 1.82) is 0 Å². The van der Waals surface area contributed by atoms with Crippen LogP contribution in [0.3, 0.4) is 0 Å². The van der Waals surface area contributed by atoms with E-state index in [1.54, 1.807) is 20.5 Å². The number of ether oxygens (including phenoxy) is 2. The molecule has 3 rings (SSSR count). The van der Waals surface area contributed by atoms with E-state index in [-0.39, 0.29) is 6.61 Å². The number of aliphatic hydroxyl groups is 1. The predicted molar refractivity (Wildman–Crippen MR) is 138 cm³/mol. The van der Waals surface area contributed by atoms with E-state index in [1.165, 1.54) is 0 Å². The molecule has 0 aliphatic heterocycles. The quantitative estimate of drug-likeness (QED) is 0.269. The minimum absolute atomic E-state index is 0.236. The Hall–Kier alpha value is -2.67. The van der Waals surface area contributed by atoms with Crippen LogP contribution in [0.4, 0.5) is 0 Å². The van der Waals surface area contributed by atoms with Gasteiger partial charge in [-0.3, -0.25) is 9.53 Å². The van der Waals surface area contributed by atoms with Crippen molar-refractivity contribution < 1.29 is 18.8 Å². The highest BCUT2D eigenvalue weighted by molar-refractivity contribution is 7.84. The first kappa shape index (κ1) is 25.9. The summed E-state index contributed by atoms with van der Waals surface area (Å²) in [7, 11) is 2.29. The van der Waals surface area contributed by atoms with Crippen LogP contribution in [0.5, 0.6) is 11.5 Å². The lowest BCUT2D eigenvalue weighted by Crippen LogP contribution is -2.45. The molecule has 182 valence electrons. The van der Waals surface area contributed by atoms with Crippen molar-refractivity contribution in [2.75, 3.05) is 33.6 Å². The van der Waals surface area contributed by atoms with E-state index in [1.807, 2.05) is 36.4 Å². The van der Waals surface area contributed by atoms with Crippen LogP contribution < -0.4 is 14.8 Å². The third kappa shape index (κ3) is 6.06. The van der Waals surface area contributed by atoms with Gasteiger partial charge >= 0.3 is 0 Å². The summed E-state index contributed by atoms with van der Waals surface area (Å²) in [5.41, 5.74) is 2.61. The number of methoxy groups -OCH3 is 2. The second-order valence-corrected chi connectivity index (χ2v) is 9.63. The fourth-order valence-electron chi connectivity index (χ4n) is 4.25. The molecule has 5 nitrogen and oxygen atoms in total. The Kier molecular flexibility index (Phi) is 9.69. The predicted octanol–water partition coefficient (Wildman–Crippen LogP) is 4.88. The molecule has 0 aliphatic rings. The Labute approximate surface area is 205 Å². The smallest absolute Gasteiger partial charge is 0.118 e. The van der Waals surface area contributed by atoms with Crippen LogP contribution >= 0.6 is 0 Å². The summed E-state index contributed by atoms with van der Waals surface area (Å²) in [4.78, 5) is 0.797. The molecular weight excluding hydrogens is 446 g/mol. The Balaban J connectivity index is 2.11. The van der Waals surface area contributed by atoms with Crippen LogP contribution in [-0.2, 0) is 16.3 Å². The van der Waals surface area contributed by atoms with Crippen LogP contribution in [0, 0.1) is 0 Å². The average Bonchev–Trinajstić information content (AvgIpc) is 2.89. The molecule has 0 heterocycles. The maximum Gasteiger partial charge on any atom is 0.118 e. The van der Waals surface area contributed by atoms with Crippen LogP contribution in [0.2, 0.25) is 0 Å². The Morgan fingerprint density at radius 3 is 1.59 bits per heavy atom. The van der Waals surface area contributed by atoms with Crippen molar-refractivity contribution >= 4 is 10.8 Å². The fourth-order valence-corrected chi connectivity index (χ4v) is 4.77. The molecule has 0 fully saturated rings. The van der Waals surface area contributed by atoms with Gasteiger partial charge in [-0.1, -0.05) is 49.2 Å². The molecule has 1 unspecified atom stereocenters. The monoisotopic (exact) mass is 481 g/mol. The molecule has 3 aromatic rings. The molecule has 0 radical (unpaired) electrons. The van der Waals surface area contributed by atoms with Gasteiger partial charge < -0.3 is 14.6 Å². The second-order valence-electron chi connectivity index (χ2n) is 8.25. The topological polar surface area (TPSA) is 67.8 Å². The fraction of sp³-hybridized carbons (Fsp3) is 0.357. The number of aliphatic hydroxyl groups excluding tert-OH is 1. The highest BCUT2D eigenvalue weighted by Gasteiger charge is 2.36. The maximum atomic E-state index is 12.0. The third-order valence-electron chi connectivity index (χ3n) is 6.14. The van der Waals surface area contributed by atoms with Crippen molar-refractivity contribution in [2.45, 2.75) is 36.1 Å². The number of hydrogen-bond acceptors (Lipinski definition) is 5. The molecule has 0 aliphatic carbocycles. The highest BCUT2D eigenvalue weighted by Crippen LogP contribution is 2.38. The maximum absolute atomic E-state index is 12.0. The lowest BCUT2D eigenvalue weighted by molar-refractivity contribution is 0.282. The number of rotatable bonds is 13. The minimum Gasteiger partial charge on any atom is -0.497 e. The summed E-state index contributed by atoms with van der Waals surface area (Å²) < 4.78 is 22.9. The summed E-state index contributed by atoms with van der Waals surface area (Å²) >= 11 is 0. The lowest BCUT2D eigenvalue weighted by atomic mass is 9.76. The standard InChI is InChI=1S/C28H35NO4S/c1-32-25-14-8-22(9-15-25)28(29-20-6-4-5-7-21-30,23-10-16-26(33-2)17-11-23)24-12-18-27(19-13-24)34(3)31/h8-19,29-30H,4-7,20-21H2,1-3H3. The van der Waals surface area contributed by atoms with E-state index < -0.39 is 16.3 Å². The molecule has 2 N–H and O–H groups in total. The average molecular weight is 482 g/mol. The second kappa shape index (κ2) is 12.7. The molecule has 0 amide bonds. The Morgan fingerprint density at radius 1 is 0.735 bits per heavy atom. The van der Waals surface area contributed by atoms with Gasteiger partial charge in [0.25, 0.3) is 0 Å². The van der Waals surface area contributed by atoms with Gasteiger partial charge in [-0.25, -0.2) is 0 Å². The van der Waals surface area contributed by atoms with Crippen LogP contribution in [0.25, 0.3) is 0 Å². The number of nitrogens with one attached hydrogen (secondary N) is 1. The zero-order valence-electron chi connectivity index (χ0n) is 20.3.